The Balaban J connectivity index is 1.63. The summed E-state index contributed by atoms with van der Waals surface area (Å²) in [6.07, 6.45) is -3.75. The monoisotopic (exact) mass is 758 g/mol. The minimum atomic E-state index is -1.58. The zero-order valence-electron chi connectivity index (χ0n) is 27.9. The van der Waals surface area contributed by atoms with Gasteiger partial charge in [0.1, 0.15) is 32.9 Å². The molecule has 50 heavy (non-hydrogen) atoms. The molecule has 0 heterocycles. The van der Waals surface area contributed by atoms with Crippen molar-refractivity contribution in [2.24, 2.45) is 5.92 Å². The van der Waals surface area contributed by atoms with Gasteiger partial charge in [-0.15, -0.1) is 23.2 Å². The van der Waals surface area contributed by atoms with Crippen LogP contribution in [0.15, 0.2) is 42.5 Å². The Labute approximate surface area is 300 Å². The average Bonchev–Trinajstić information content (AvgIpc) is 3.55. The number of anilines is 2. The van der Waals surface area contributed by atoms with Crippen molar-refractivity contribution >= 4 is 70.1 Å². The number of amides is 3. The van der Waals surface area contributed by atoms with Gasteiger partial charge < -0.3 is 14.8 Å². The first kappa shape index (κ1) is 38.9. The third-order valence-corrected chi connectivity index (χ3v) is 8.56. The van der Waals surface area contributed by atoms with Gasteiger partial charge in [-0.3, -0.25) is 9.59 Å². The molecule has 268 valence electrons. The van der Waals surface area contributed by atoms with Crippen molar-refractivity contribution in [3.63, 3.8) is 0 Å². The van der Waals surface area contributed by atoms with Crippen LogP contribution in [-0.2, 0) is 20.7 Å². The lowest BCUT2D eigenvalue weighted by molar-refractivity contribution is -0.117. The molecule has 0 spiro atoms. The van der Waals surface area contributed by atoms with Crippen LogP contribution in [0.3, 0.4) is 0 Å². The van der Waals surface area contributed by atoms with Gasteiger partial charge in [-0.05, 0) is 95.5 Å². The van der Waals surface area contributed by atoms with Crippen molar-refractivity contribution in [2.75, 3.05) is 10.2 Å². The van der Waals surface area contributed by atoms with E-state index in [-0.39, 0.29) is 21.2 Å². The molecule has 8 nitrogen and oxygen atoms in total. The number of ether oxygens (including phenoxy) is 2. The van der Waals surface area contributed by atoms with Gasteiger partial charge in [0.25, 0.3) is 0 Å². The number of aryl methyl sites for hydroxylation is 1. The Kier molecular flexibility index (Phi) is 10.9. The number of alkyl halides is 2. The third kappa shape index (κ3) is 8.52. The number of ketones is 1. The molecule has 0 bridgehead atoms. The zero-order chi connectivity index (χ0) is 37.7. The minimum Gasteiger partial charge on any atom is -0.443 e. The summed E-state index contributed by atoms with van der Waals surface area (Å²) >= 11 is 18.6. The molecule has 1 fully saturated rings. The summed E-state index contributed by atoms with van der Waals surface area (Å²) < 4.78 is 69.0. The number of hydrogen-bond donors (Lipinski definition) is 1. The maximum atomic E-state index is 16.0. The minimum absolute atomic E-state index is 0.0227. The van der Waals surface area contributed by atoms with E-state index in [1.807, 2.05) is 0 Å². The molecule has 1 aliphatic rings. The van der Waals surface area contributed by atoms with E-state index in [0.29, 0.717) is 5.56 Å². The van der Waals surface area contributed by atoms with Crippen molar-refractivity contribution < 1.29 is 46.2 Å². The smallest absolute Gasteiger partial charge is 0.424 e. The van der Waals surface area contributed by atoms with Crippen LogP contribution < -0.4 is 10.2 Å². The quantitative estimate of drug-likeness (QED) is 0.146. The molecule has 2 atom stereocenters. The van der Waals surface area contributed by atoms with Crippen LogP contribution in [0, 0.1) is 36.1 Å². The molecule has 1 N–H and O–H groups in total. The zero-order valence-corrected chi connectivity index (χ0v) is 30.2. The van der Waals surface area contributed by atoms with E-state index in [0.717, 1.165) is 24.3 Å². The van der Waals surface area contributed by atoms with Crippen LogP contribution in [0.1, 0.15) is 74.5 Å². The fourth-order valence-corrected chi connectivity index (χ4v) is 6.12. The number of nitrogens with zero attached hydrogens (tertiary/aromatic N) is 1. The number of carbonyl (C=O) groups excluding carboxylic acids is 4. The number of benzene rings is 3. The van der Waals surface area contributed by atoms with Crippen LogP contribution in [0.4, 0.5) is 38.5 Å². The van der Waals surface area contributed by atoms with Crippen LogP contribution in [0.25, 0.3) is 0 Å². The lowest BCUT2D eigenvalue weighted by Crippen LogP contribution is -2.44. The highest BCUT2D eigenvalue weighted by Crippen LogP contribution is 2.65. The van der Waals surface area contributed by atoms with E-state index in [2.05, 4.69) is 5.32 Å². The highest BCUT2D eigenvalue weighted by atomic mass is 35.5. The van der Waals surface area contributed by atoms with Crippen molar-refractivity contribution in [3.8, 4) is 0 Å². The lowest BCUT2D eigenvalue weighted by Gasteiger charge is -2.29. The standard InChI is InChI=1S/C35H33Cl3F4N2O6/c1-16-12-19(43-30(46)26-25(35(26,37)38)17-8-10-22(39)21(36)13-17)15-20(27(16)41)24(45)14-18-9-11-23(40)29(28(18)42)44(31(47)49-33(2,3)4)32(48)50-34(5,6)7/h8-13,15,25-26H,14H2,1-7H3,(H,43,46). The molecule has 1 saturated carbocycles. The van der Waals surface area contributed by atoms with Gasteiger partial charge in [0, 0.05) is 18.0 Å². The highest BCUT2D eigenvalue weighted by Gasteiger charge is 2.67. The van der Waals surface area contributed by atoms with Gasteiger partial charge in [-0.2, -0.15) is 4.90 Å². The summed E-state index contributed by atoms with van der Waals surface area (Å²) in [5.41, 5.74) is -4.26. The summed E-state index contributed by atoms with van der Waals surface area (Å²) in [5, 5.41) is 2.36. The second-order valence-electron chi connectivity index (χ2n) is 13.7. The second kappa shape index (κ2) is 14.0. The number of imide groups is 1. The van der Waals surface area contributed by atoms with Gasteiger partial charge in [-0.25, -0.2) is 27.2 Å². The van der Waals surface area contributed by atoms with Crippen LogP contribution in [0.2, 0.25) is 5.02 Å². The molecular weight excluding hydrogens is 727 g/mol. The Morgan fingerprint density at radius 2 is 1.40 bits per heavy atom. The first-order valence-electron chi connectivity index (χ1n) is 15.1. The molecule has 2 unspecified atom stereocenters. The SMILES string of the molecule is Cc1cc(NC(=O)C2C(c3ccc(F)c(Cl)c3)C2(Cl)Cl)cc(C(=O)Cc2ccc(F)c(N(C(=O)OC(C)(C)C)C(=O)OC(C)(C)C)c2F)c1F. The van der Waals surface area contributed by atoms with Crippen molar-refractivity contribution in [1.29, 1.82) is 0 Å². The topological polar surface area (TPSA) is 102 Å². The molecule has 3 aromatic carbocycles. The molecule has 3 aromatic rings. The molecule has 1 aliphatic carbocycles. The van der Waals surface area contributed by atoms with E-state index in [1.165, 1.54) is 66.7 Å². The number of rotatable bonds is 7. The van der Waals surface area contributed by atoms with E-state index in [4.69, 9.17) is 44.3 Å². The van der Waals surface area contributed by atoms with Crippen LogP contribution >= 0.6 is 34.8 Å². The molecule has 0 radical (unpaired) electrons. The van der Waals surface area contributed by atoms with Crippen LogP contribution in [0.5, 0.6) is 0 Å². The van der Waals surface area contributed by atoms with E-state index < -0.39 is 97.8 Å². The lowest BCUT2D eigenvalue weighted by atomic mass is 9.98. The van der Waals surface area contributed by atoms with Crippen LogP contribution in [-0.4, -0.2) is 39.4 Å². The summed E-state index contributed by atoms with van der Waals surface area (Å²) in [7, 11) is 0. The number of halogens is 7. The number of carbonyl (C=O) groups is 4. The molecule has 0 saturated heterocycles. The maximum Gasteiger partial charge on any atom is 0.424 e. The van der Waals surface area contributed by atoms with Crippen molar-refractivity contribution in [3.05, 3.63) is 93.0 Å². The Hall–Kier alpha value is -3.87. The fraction of sp³-hybridized carbons (Fsp3) is 0.371. The number of hydrogen-bond acceptors (Lipinski definition) is 6. The van der Waals surface area contributed by atoms with E-state index >= 15 is 13.2 Å². The highest BCUT2D eigenvalue weighted by molar-refractivity contribution is 6.53. The third-order valence-electron chi connectivity index (χ3n) is 7.33. The summed E-state index contributed by atoms with van der Waals surface area (Å²) in [6, 6.07) is 7.69. The molecule has 0 aromatic heterocycles. The summed E-state index contributed by atoms with van der Waals surface area (Å²) in [6.45, 7) is 10.2. The fourth-order valence-electron chi connectivity index (χ4n) is 5.10. The van der Waals surface area contributed by atoms with Crippen molar-refractivity contribution in [1.82, 2.24) is 0 Å². The van der Waals surface area contributed by atoms with Gasteiger partial charge in [0.05, 0.1) is 16.5 Å². The molecule has 0 aliphatic heterocycles. The van der Waals surface area contributed by atoms with Gasteiger partial charge in [0.15, 0.2) is 17.4 Å². The van der Waals surface area contributed by atoms with Gasteiger partial charge in [0.2, 0.25) is 5.91 Å². The number of Topliss-reactive ketones (excluding diaryl/α,β-unsaturated/α-hetero) is 1. The predicted molar refractivity (Wildman–Crippen MR) is 181 cm³/mol. The van der Waals surface area contributed by atoms with Gasteiger partial charge in [-0.1, -0.05) is 23.7 Å². The van der Waals surface area contributed by atoms with Gasteiger partial charge >= 0.3 is 12.2 Å². The molecule has 3 amide bonds. The normalized spacial score (nSPS) is 16.8. The summed E-state index contributed by atoms with van der Waals surface area (Å²) in [5.74, 6) is -7.95. The van der Waals surface area contributed by atoms with Crippen molar-refractivity contribution in [2.45, 2.75) is 76.3 Å². The first-order valence-corrected chi connectivity index (χ1v) is 16.3. The molecular formula is C35H33Cl3F4N2O6. The number of nitrogens with one attached hydrogen (secondary N) is 1. The first-order chi connectivity index (χ1) is 22.9. The summed E-state index contributed by atoms with van der Waals surface area (Å²) in [4.78, 5) is 52.8. The van der Waals surface area contributed by atoms with E-state index in [1.54, 1.807) is 0 Å². The average molecular weight is 760 g/mol. The largest absolute Gasteiger partial charge is 0.443 e. The molecule has 4 rings (SSSR count). The Bertz CT molecular complexity index is 1860. The Morgan fingerprint density at radius 1 is 0.840 bits per heavy atom. The van der Waals surface area contributed by atoms with E-state index in [9.17, 15) is 23.6 Å². The molecule has 15 heteroatoms. The maximum absolute atomic E-state index is 16.0. The second-order valence-corrected chi connectivity index (χ2v) is 15.6. The predicted octanol–water partition coefficient (Wildman–Crippen LogP) is 9.83. The Morgan fingerprint density at radius 3 is 1.94 bits per heavy atom.